The maximum atomic E-state index is 12.4. The van der Waals surface area contributed by atoms with Crippen molar-refractivity contribution < 1.29 is 28.6 Å². The van der Waals surface area contributed by atoms with Crippen molar-refractivity contribution in [3.63, 3.8) is 0 Å². The molecule has 0 saturated carbocycles. The Balaban J connectivity index is 1.51. The van der Waals surface area contributed by atoms with E-state index in [2.05, 4.69) is 44.0 Å². The summed E-state index contributed by atoms with van der Waals surface area (Å²) in [6.45, 7) is 6.60. The molecule has 0 heterocycles. The lowest BCUT2D eigenvalue weighted by atomic mass is 10.2. The Kier molecular flexibility index (Phi) is 12.2. The summed E-state index contributed by atoms with van der Waals surface area (Å²) in [5.41, 5.74) is 4.89. The van der Waals surface area contributed by atoms with Crippen molar-refractivity contribution in [2.45, 2.75) is 33.6 Å². The Labute approximate surface area is 247 Å². The van der Waals surface area contributed by atoms with E-state index in [-0.39, 0.29) is 12.5 Å². The molecular formula is C30H33BrN4O6. The third kappa shape index (κ3) is 10.3. The van der Waals surface area contributed by atoms with E-state index in [4.69, 9.17) is 14.2 Å². The molecule has 41 heavy (non-hydrogen) atoms. The normalized spacial score (nSPS) is 10.6. The molecule has 0 aliphatic carbocycles. The van der Waals surface area contributed by atoms with Crippen LogP contribution in [0.3, 0.4) is 0 Å². The number of rotatable bonds is 13. The minimum atomic E-state index is -0.929. The summed E-state index contributed by atoms with van der Waals surface area (Å²) in [5, 5.41) is 9.16. The number of carbonyl (C=O) groups excluding carboxylic acids is 3. The largest absolute Gasteiger partial charge is 0.494 e. The van der Waals surface area contributed by atoms with Gasteiger partial charge in [0, 0.05) is 15.8 Å². The molecule has 0 radical (unpaired) electrons. The van der Waals surface area contributed by atoms with Crippen molar-refractivity contribution in [2.24, 2.45) is 5.10 Å². The van der Waals surface area contributed by atoms with Gasteiger partial charge in [0.15, 0.2) is 18.1 Å². The first-order valence-corrected chi connectivity index (χ1v) is 13.9. The predicted octanol–water partition coefficient (Wildman–Crippen LogP) is 5.44. The highest BCUT2D eigenvalue weighted by Gasteiger charge is 2.13. The quantitative estimate of drug-likeness (QED) is 0.101. The highest BCUT2D eigenvalue weighted by atomic mass is 79.9. The molecule has 3 rings (SSSR count). The predicted molar refractivity (Wildman–Crippen MR) is 162 cm³/mol. The third-order valence-corrected chi connectivity index (χ3v) is 6.42. The molecule has 0 aliphatic heterocycles. The van der Waals surface area contributed by atoms with Gasteiger partial charge in [-0.05, 0) is 92.1 Å². The number of ether oxygens (including phenoxy) is 3. The average Bonchev–Trinajstić information content (AvgIpc) is 2.95. The van der Waals surface area contributed by atoms with Crippen LogP contribution in [0.1, 0.15) is 37.8 Å². The van der Waals surface area contributed by atoms with Gasteiger partial charge in [0.1, 0.15) is 5.75 Å². The Morgan fingerprint density at radius 2 is 1.61 bits per heavy atom. The summed E-state index contributed by atoms with van der Waals surface area (Å²) in [5.74, 6) is -0.658. The van der Waals surface area contributed by atoms with Gasteiger partial charge in [0.05, 0.1) is 19.4 Å². The van der Waals surface area contributed by atoms with Crippen LogP contribution in [0.15, 0.2) is 70.2 Å². The van der Waals surface area contributed by atoms with E-state index < -0.39 is 11.8 Å². The van der Waals surface area contributed by atoms with Crippen molar-refractivity contribution in [2.75, 3.05) is 30.5 Å². The monoisotopic (exact) mass is 624 g/mol. The molecule has 3 aromatic carbocycles. The maximum absolute atomic E-state index is 12.4. The van der Waals surface area contributed by atoms with Crippen LogP contribution in [-0.2, 0) is 14.4 Å². The Bertz CT molecular complexity index is 1380. The van der Waals surface area contributed by atoms with Gasteiger partial charge < -0.3 is 24.8 Å². The summed E-state index contributed by atoms with van der Waals surface area (Å²) in [4.78, 5) is 36.7. The number of nitrogens with one attached hydrogen (secondary N) is 3. The molecule has 10 nitrogen and oxygen atoms in total. The molecule has 0 aromatic heterocycles. The summed E-state index contributed by atoms with van der Waals surface area (Å²) in [6, 6.07) is 17.2. The number of hydrogen-bond acceptors (Lipinski definition) is 7. The lowest BCUT2D eigenvalue weighted by molar-refractivity contribution is -0.136. The molecule has 0 aliphatic rings. The maximum Gasteiger partial charge on any atom is 0.329 e. The van der Waals surface area contributed by atoms with E-state index in [1.165, 1.54) is 6.21 Å². The van der Waals surface area contributed by atoms with Crippen LogP contribution in [0.4, 0.5) is 11.4 Å². The first-order valence-electron chi connectivity index (χ1n) is 13.1. The van der Waals surface area contributed by atoms with Crippen molar-refractivity contribution >= 4 is 51.2 Å². The Morgan fingerprint density at radius 1 is 0.854 bits per heavy atom. The molecule has 0 fully saturated rings. The van der Waals surface area contributed by atoms with Crippen molar-refractivity contribution in [3.05, 3.63) is 76.3 Å². The number of nitrogens with zero attached hydrogens (tertiary/aromatic N) is 1. The molecule has 0 spiro atoms. The fourth-order valence-electron chi connectivity index (χ4n) is 3.43. The van der Waals surface area contributed by atoms with Crippen molar-refractivity contribution in [3.8, 4) is 17.2 Å². The lowest BCUT2D eigenvalue weighted by Gasteiger charge is -2.13. The molecule has 11 heteroatoms. The standard InChI is InChI=1S/C30H33BrN4O6/c1-4-6-15-40-24-11-8-22(9-12-24)34-29(37)30(38)35-32-18-21-7-14-26(27(17-21)39-5-2)41-19-28(36)33-23-10-13-25(31)20(3)16-23/h7-14,16-18H,4-6,15,19H2,1-3H3,(H,33,36)(H,34,37)(H,35,38)/b32-18-. The summed E-state index contributed by atoms with van der Waals surface area (Å²) in [6.07, 6.45) is 3.35. The second kappa shape index (κ2) is 16.0. The molecule has 0 bridgehead atoms. The number of amides is 3. The fraction of sp³-hybridized carbons (Fsp3) is 0.267. The van der Waals surface area contributed by atoms with Crippen molar-refractivity contribution in [1.82, 2.24) is 5.43 Å². The zero-order valence-electron chi connectivity index (χ0n) is 23.2. The van der Waals surface area contributed by atoms with Gasteiger partial charge in [-0.15, -0.1) is 0 Å². The van der Waals surface area contributed by atoms with Gasteiger partial charge in [-0.25, -0.2) is 5.43 Å². The van der Waals surface area contributed by atoms with Crippen molar-refractivity contribution in [1.29, 1.82) is 0 Å². The average molecular weight is 626 g/mol. The van der Waals surface area contributed by atoms with Gasteiger partial charge in [-0.1, -0.05) is 29.3 Å². The molecule has 3 aromatic rings. The Morgan fingerprint density at radius 3 is 2.32 bits per heavy atom. The van der Waals surface area contributed by atoms with E-state index in [1.54, 1.807) is 48.5 Å². The molecule has 0 saturated heterocycles. The van der Waals surface area contributed by atoms with Gasteiger partial charge in [-0.3, -0.25) is 14.4 Å². The van der Waals surface area contributed by atoms with Crippen LogP contribution in [-0.4, -0.2) is 43.8 Å². The van der Waals surface area contributed by atoms with Gasteiger partial charge in [0.2, 0.25) is 0 Å². The summed E-state index contributed by atoms with van der Waals surface area (Å²) < 4.78 is 17.9. The molecule has 0 atom stereocenters. The Hall–Kier alpha value is -4.38. The van der Waals surface area contributed by atoms with Crippen LogP contribution in [0.5, 0.6) is 17.2 Å². The van der Waals surface area contributed by atoms with Crippen LogP contribution >= 0.6 is 15.9 Å². The van der Waals surface area contributed by atoms with E-state index in [0.29, 0.717) is 47.4 Å². The third-order valence-electron chi connectivity index (χ3n) is 5.53. The molecule has 3 amide bonds. The number of anilines is 2. The first-order chi connectivity index (χ1) is 19.8. The number of carbonyl (C=O) groups is 3. The highest BCUT2D eigenvalue weighted by Crippen LogP contribution is 2.28. The smallest absolute Gasteiger partial charge is 0.329 e. The minimum Gasteiger partial charge on any atom is -0.494 e. The summed E-state index contributed by atoms with van der Waals surface area (Å²) in [7, 11) is 0. The number of hydrogen-bond donors (Lipinski definition) is 3. The van der Waals surface area contributed by atoms with Gasteiger partial charge in [-0.2, -0.15) is 5.10 Å². The molecule has 3 N–H and O–H groups in total. The van der Waals surface area contributed by atoms with Crippen LogP contribution < -0.4 is 30.3 Å². The van der Waals surface area contributed by atoms with Crippen LogP contribution in [0.2, 0.25) is 0 Å². The molecule has 0 unspecified atom stereocenters. The number of aryl methyl sites for hydroxylation is 1. The number of benzene rings is 3. The molecule has 216 valence electrons. The van der Waals surface area contributed by atoms with Crippen LogP contribution in [0.25, 0.3) is 0 Å². The van der Waals surface area contributed by atoms with E-state index >= 15 is 0 Å². The van der Waals surface area contributed by atoms with E-state index in [0.717, 1.165) is 22.9 Å². The summed E-state index contributed by atoms with van der Waals surface area (Å²) >= 11 is 3.43. The fourth-order valence-corrected chi connectivity index (χ4v) is 3.67. The lowest BCUT2D eigenvalue weighted by Crippen LogP contribution is -2.32. The second-order valence-electron chi connectivity index (χ2n) is 8.82. The first kappa shape index (κ1) is 31.2. The van der Waals surface area contributed by atoms with E-state index in [1.807, 2.05) is 26.0 Å². The van der Waals surface area contributed by atoms with Gasteiger partial charge >= 0.3 is 11.8 Å². The number of hydrazone groups is 1. The number of unbranched alkanes of at least 4 members (excludes halogenated alkanes) is 1. The van der Waals surface area contributed by atoms with Crippen LogP contribution in [0, 0.1) is 6.92 Å². The van der Waals surface area contributed by atoms with Gasteiger partial charge in [0.25, 0.3) is 5.91 Å². The highest BCUT2D eigenvalue weighted by molar-refractivity contribution is 9.10. The van der Waals surface area contributed by atoms with E-state index in [9.17, 15) is 14.4 Å². The zero-order chi connectivity index (χ0) is 29.6. The SMILES string of the molecule is CCCCOc1ccc(NC(=O)C(=O)N/N=C\c2ccc(OCC(=O)Nc3ccc(Br)c(C)c3)c(OCC)c2)cc1. The second-order valence-corrected chi connectivity index (χ2v) is 9.67. The zero-order valence-corrected chi connectivity index (χ0v) is 24.7. The topological polar surface area (TPSA) is 127 Å². The molecular weight excluding hydrogens is 592 g/mol. The minimum absolute atomic E-state index is 0.220. The number of halogens is 1.